The molecule has 2 rings (SSSR count). The zero-order valence-electron chi connectivity index (χ0n) is 7.49. The highest BCUT2D eigenvalue weighted by Gasteiger charge is 2.43. The van der Waals surface area contributed by atoms with Crippen molar-refractivity contribution in [3.63, 3.8) is 0 Å². The number of sulfonamides is 1. The maximum Gasteiger partial charge on any atom is 0.350 e. The summed E-state index contributed by atoms with van der Waals surface area (Å²) in [6, 6.07) is 0. The molecule has 0 saturated carbocycles. The summed E-state index contributed by atoms with van der Waals surface area (Å²) in [5.41, 5.74) is 0. The second-order valence-corrected chi connectivity index (χ2v) is 5.70. The van der Waals surface area contributed by atoms with Gasteiger partial charge in [-0.2, -0.15) is 13.1 Å². The lowest BCUT2D eigenvalue weighted by molar-refractivity contribution is 0.221. The standard InChI is InChI=1S/C7H12F2N2O2S/c8-7(9)14(12,13)11-3-5-1-10-2-6(5)4-11/h5-7,10H,1-4H2. The lowest BCUT2D eigenvalue weighted by Crippen LogP contribution is -2.35. The summed E-state index contributed by atoms with van der Waals surface area (Å²) in [6.07, 6.45) is 0. The van der Waals surface area contributed by atoms with Crippen LogP contribution in [0.5, 0.6) is 0 Å². The van der Waals surface area contributed by atoms with Crippen molar-refractivity contribution in [1.29, 1.82) is 0 Å². The van der Waals surface area contributed by atoms with Crippen LogP contribution < -0.4 is 5.32 Å². The summed E-state index contributed by atoms with van der Waals surface area (Å²) >= 11 is 0. The second-order valence-electron chi connectivity index (χ2n) is 3.80. The van der Waals surface area contributed by atoms with E-state index in [1.807, 2.05) is 0 Å². The summed E-state index contributed by atoms with van der Waals surface area (Å²) < 4.78 is 47.6. The highest BCUT2D eigenvalue weighted by atomic mass is 32.2. The van der Waals surface area contributed by atoms with Crippen LogP contribution in [-0.2, 0) is 10.0 Å². The van der Waals surface area contributed by atoms with Crippen LogP contribution in [0.3, 0.4) is 0 Å². The summed E-state index contributed by atoms with van der Waals surface area (Å²) in [7, 11) is -4.35. The van der Waals surface area contributed by atoms with Crippen LogP contribution in [0.25, 0.3) is 0 Å². The highest BCUT2D eigenvalue weighted by Crippen LogP contribution is 2.29. The van der Waals surface area contributed by atoms with Gasteiger partial charge in [0.05, 0.1) is 0 Å². The Kier molecular flexibility index (Phi) is 2.48. The van der Waals surface area contributed by atoms with Crippen LogP contribution in [0.4, 0.5) is 8.78 Å². The first-order chi connectivity index (χ1) is 6.51. The summed E-state index contributed by atoms with van der Waals surface area (Å²) in [4.78, 5) is 0. The first-order valence-electron chi connectivity index (χ1n) is 4.49. The molecule has 0 amide bonds. The zero-order chi connectivity index (χ0) is 10.3. The average Bonchev–Trinajstić information content (AvgIpc) is 2.60. The fraction of sp³-hybridized carbons (Fsp3) is 1.00. The largest absolute Gasteiger partial charge is 0.350 e. The minimum atomic E-state index is -4.35. The third kappa shape index (κ3) is 1.53. The Bertz CT molecular complexity index is 308. The van der Waals surface area contributed by atoms with Gasteiger partial charge in [-0.25, -0.2) is 8.42 Å². The third-order valence-electron chi connectivity index (χ3n) is 2.94. The van der Waals surface area contributed by atoms with Gasteiger partial charge in [-0.1, -0.05) is 0 Å². The van der Waals surface area contributed by atoms with Crippen molar-refractivity contribution in [2.75, 3.05) is 26.2 Å². The number of nitrogens with zero attached hydrogens (tertiary/aromatic N) is 1. The van der Waals surface area contributed by atoms with E-state index in [2.05, 4.69) is 5.32 Å². The van der Waals surface area contributed by atoms with Crippen molar-refractivity contribution < 1.29 is 17.2 Å². The van der Waals surface area contributed by atoms with E-state index in [0.29, 0.717) is 0 Å². The van der Waals surface area contributed by atoms with E-state index in [4.69, 9.17) is 0 Å². The van der Waals surface area contributed by atoms with Crippen molar-refractivity contribution in [3.05, 3.63) is 0 Å². The van der Waals surface area contributed by atoms with Crippen molar-refractivity contribution in [3.8, 4) is 0 Å². The molecule has 0 aromatic heterocycles. The topological polar surface area (TPSA) is 49.4 Å². The quantitative estimate of drug-likeness (QED) is 0.702. The van der Waals surface area contributed by atoms with Gasteiger partial charge in [0.1, 0.15) is 0 Å². The van der Waals surface area contributed by atoms with Crippen LogP contribution in [0.1, 0.15) is 0 Å². The molecule has 2 unspecified atom stereocenters. The minimum absolute atomic E-state index is 0.212. The van der Waals surface area contributed by atoms with Crippen LogP contribution in [-0.4, -0.2) is 44.7 Å². The number of rotatable bonds is 2. The Morgan fingerprint density at radius 2 is 1.71 bits per heavy atom. The maximum atomic E-state index is 12.2. The molecule has 4 nitrogen and oxygen atoms in total. The molecule has 2 atom stereocenters. The molecular formula is C7H12F2N2O2S. The Labute approximate surface area is 81.3 Å². The maximum absolute atomic E-state index is 12.2. The van der Waals surface area contributed by atoms with Gasteiger partial charge in [0, 0.05) is 13.1 Å². The fourth-order valence-corrected chi connectivity index (χ4v) is 3.16. The van der Waals surface area contributed by atoms with Crippen LogP contribution >= 0.6 is 0 Å². The lowest BCUT2D eigenvalue weighted by atomic mass is 10.0. The molecule has 2 fully saturated rings. The normalized spacial score (nSPS) is 33.9. The smallest absolute Gasteiger partial charge is 0.316 e. The first-order valence-corrected chi connectivity index (χ1v) is 6.00. The third-order valence-corrected chi connectivity index (χ3v) is 4.41. The van der Waals surface area contributed by atoms with Crippen molar-refractivity contribution in [2.45, 2.75) is 5.76 Å². The van der Waals surface area contributed by atoms with Gasteiger partial charge in [-0.15, -0.1) is 0 Å². The van der Waals surface area contributed by atoms with E-state index in [-0.39, 0.29) is 24.9 Å². The number of halogens is 2. The number of alkyl halides is 2. The molecule has 0 spiro atoms. The summed E-state index contributed by atoms with van der Waals surface area (Å²) in [5, 5.41) is 3.12. The molecule has 0 aromatic carbocycles. The van der Waals surface area contributed by atoms with Gasteiger partial charge in [0.2, 0.25) is 0 Å². The van der Waals surface area contributed by atoms with E-state index in [9.17, 15) is 17.2 Å². The fourth-order valence-electron chi connectivity index (χ4n) is 2.13. The number of fused-ring (bicyclic) bond motifs is 1. The van der Waals surface area contributed by atoms with Gasteiger partial charge in [-0.05, 0) is 24.9 Å². The molecule has 0 aromatic rings. The minimum Gasteiger partial charge on any atom is -0.316 e. The molecule has 2 heterocycles. The Morgan fingerprint density at radius 3 is 2.14 bits per heavy atom. The number of nitrogens with one attached hydrogen (secondary N) is 1. The van der Waals surface area contributed by atoms with Crippen molar-refractivity contribution in [2.24, 2.45) is 11.8 Å². The average molecular weight is 226 g/mol. The van der Waals surface area contributed by atoms with Crippen molar-refractivity contribution >= 4 is 10.0 Å². The number of hydrogen-bond acceptors (Lipinski definition) is 3. The molecule has 2 saturated heterocycles. The molecule has 2 aliphatic rings. The summed E-state index contributed by atoms with van der Waals surface area (Å²) in [5.74, 6) is -2.86. The molecule has 7 heteroatoms. The molecular weight excluding hydrogens is 214 g/mol. The van der Waals surface area contributed by atoms with E-state index in [0.717, 1.165) is 17.4 Å². The van der Waals surface area contributed by atoms with Gasteiger partial charge >= 0.3 is 5.76 Å². The molecule has 82 valence electrons. The lowest BCUT2D eigenvalue weighted by Gasteiger charge is -2.16. The zero-order valence-corrected chi connectivity index (χ0v) is 8.30. The molecule has 1 N–H and O–H groups in total. The Morgan fingerprint density at radius 1 is 1.21 bits per heavy atom. The monoisotopic (exact) mass is 226 g/mol. The van der Waals surface area contributed by atoms with Gasteiger partial charge in [0.15, 0.2) is 0 Å². The van der Waals surface area contributed by atoms with Gasteiger partial charge < -0.3 is 5.32 Å². The number of hydrogen-bond donors (Lipinski definition) is 1. The van der Waals surface area contributed by atoms with Crippen LogP contribution in [0.15, 0.2) is 0 Å². The van der Waals surface area contributed by atoms with E-state index >= 15 is 0 Å². The van der Waals surface area contributed by atoms with Crippen LogP contribution in [0, 0.1) is 11.8 Å². The highest BCUT2D eigenvalue weighted by molar-refractivity contribution is 7.89. The Balaban J connectivity index is 2.09. The predicted molar refractivity (Wildman–Crippen MR) is 46.3 cm³/mol. The SMILES string of the molecule is O=S(=O)(C(F)F)N1CC2CNCC2C1. The van der Waals surface area contributed by atoms with E-state index in [1.54, 1.807) is 0 Å². The molecule has 0 radical (unpaired) electrons. The predicted octanol–water partition coefficient (Wildman–Crippen LogP) is -0.310. The summed E-state index contributed by atoms with van der Waals surface area (Å²) in [6.45, 7) is 1.95. The Hall–Kier alpha value is -0.270. The molecule has 0 bridgehead atoms. The molecule has 14 heavy (non-hydrogen) atoms. The second kappa shape index (κ2) is 3.39. The van der Waals surface area contributed by atoms with E-state index < -0.39 is 15.8 Å². The van der Waals surface area contributed by atoms with Crippen LogP contribution in [0.2, 0.25) is 0 Å². The molecule has 2 aliphatic heterocycles. The first kappa shape index (κ1) is 10.3. The van der Waals surface area contributed by atoms with Gasteiger partial charge in [0.25, 0.3) is 10.0 Å². The van der Waals surface area contributed by atoms with E-state index in [1.165, 1.54) is 0 Å². The van der Waals surface area contributed by atoms with Crippen molar-refractivity contribution in [1.82, 2.24) is 9.62 Å². The van der Waals surface area contributed by atoms with Gasteiger partial charge in [-0.3, -0.25) is 0 Å². The molecule has 0 aliphatic carbocycles.